The predicted molar refractivity (Wildman–Crippen MR) is 117 cm³/mol. The molecule has 0 saturated carbocycles. The van der Waals surface area contributed by atoms with Crippen LogP contribution in [0.5, 0.6) is 0 Å². The molecule has 29 heavy (non-hydrogen) atoms. The van der Waals surface area contributed by atoms with Gasteiger partial charge >= 0.3 is 0 Å². The Morgan fingerprint density at radius 3 is 2.55 bits per heavy atom. The zero-order chi connectivity index (χ0) is 21.3. The lowest BCUT2D eigenvalue weighted by Gasteiger charge is -2.32. The van der Waals surface area contributed by atoms with Crippen LogP contribution in [0.2, 0.25) is 0 Å². The normalized spacial score (nSPS) is 16.8. The average molecular weight is 427 g/mol. The molecule has 1 saturated heterocycles. The maximum atomic E-state index is 13.7. The van der Waals surface area contributed by atoms with Gasteiger partial charge in [0.25, 0.3) is 0 Å². The molecular weight excluding hydrogens is 391 g/mol. The van der Waals surface area contributed by atoms with Crippen LogP contribution in [0.3, 0.4) is 0 Å². The van der Waals surface area contributed by atoms with Gasteiger partial charge in [-0.3, -0.25) is 0 Å². The summed E-state index contributed by atoms with van der Waals surface area (Å²) >= 11 is 0. The minimum Gasteiger partial charge on any atom is -0.357 e. The molecule has 0 aliphatic carbocycles. The molecule has 0 spiro atoms. The molecule has 1 aromatic rings. The molecule has 2 rings (SSSR count). The van der Waals surface area contributed by atoms with Gasteiger partial charge in [-0.05, 0) is 75.0 Å². The number of piperidine rings is 1. The molecule has 0 bridgehead atoms. The Kier molecular flexibility index (Phi) is 9.36. The predicted octanol–water partition coefficient (Wildman–Crippen LogP) is 2.55. The lowest BCUT2D eigenvalue weighted by molar-refractivity contribution is 0.185. The van der Waals surface area contributed by atoms with Crippen LogP contribution in [0.15, 0.2) is 23.2 Å². The number of nitrogens with zero attached hydrogens (tertiary/aromatic N) is 2. The van der Waals surface area contributed by atoms with Gasteiger partial charge in [-0.25, -0.2) is 17.8 Å². The van der Waals surface area contributed by atoms with E-state index in [0.29, 0.717) is 23.0 Å². The third-order valence-electron chi connectivity index (χ3n) is 5.14. The molecule has 2 N–H and O–H groups in total. The molecule has 1 aromatic carbocycles. The standard InChI is InChI=1S/C21H35FN4O2S/c1-4-10-26-11-8-17(9-12-26)14-24-21(23-5-2)25-15-19-13-20(22)7-6-18(19)16-29(3,27)28/h6-7,13,17H,4-5,8-12,14-16H2,1-3H3,(H2,23,24,25). The summed E-state index contributed by atoms with van der Waals surface area (Å²) in [5.74, 6) is 0.794. The van der Waals surface area contributed by atoms with Crippen molar-refractivity contribution in [3.8, 4) is 0 Å². The van der Waals surface area contributed by atoms with Gasteiger partial charge < -0.3 is 15.5 Å². The van der Waals surface area contributed by atoms with Crippen molar-refractivity contribution in [2.75, 3.05) is 39.0 Å². The Labute approximate surface area is 174 Å². The van der Waals surface area contributed by atoms with Crippen molar-refractivity contribution in [2.45, 2.75) is 45.4 Å². The summed E-state index contributed by atoms with van der Waals surface area (Å²) in [5.41, 5.74) is 1.19. The van der Waals surface area contributed by atoms with Crippen LogP contribution in [-0.2, 0) is 22.1 Å². The fourth-order valence-electron chi connectivity index (χ4n) is 3.64. The zero-order valence-corrected chi connectivity index (χ0v) is 18.7. The highest BCUT2D eigenvalue weighted by molar-refractivity contribution is 7.89. The highest BCUT2D eigenvalue weighted by Crippen LogP contribution is 2.17. The number of aliphatic imine (C=N–C) groups is 1. The topological polar surface area (TPSA) is 73.8 Å². The van der Waals surface area contributed by atoms with Gasteiger partial charge in [0.2, 0.25) is 0 Å². The lowest BCUT2D eigenvalue weighted by atomic mass is 9.97. The molecule has 0 unspecified atom stereocenters. The summed E-state index contributed by atoms with van der Waals surface area (Å²) in [4.78, 5) is 7.08. The molecule has 1 aliphatic heterocycles. The molecule has 1 aliphatic rings. The summed E-state index contributed by atoms with van der Waals surface area (Å²) in [5, 5.41) is 6.62. The minimum absolute atomic E-state index is 0.113. The molecule has 0 aromatic heterocycles. The smallest absolute Gasteiger partial charge is 0.191 e. The van der Waals surface area contributed by atoms with E-state index in [1.165, 1.54) is 50.3 Å². The van der Waals surface area contributed by atoms with E-state index in [4.69, 9.17) is 0 Å². The molecular formula is C21H35FN4O2S. The van der Waals surface area contributed by atoms with Gasteiger partial charge in [-0.1, -0.05) is 13.0 Å². The molecule has 0 atom stereocenters. The molecule has 164 valence electrons. The van der Waals surface area contributed by atoms with E-state index in [-0.39, 0.29) is 18.1 Å². The van der Waals surface area contributed by atoms with Crippen LogP contribution < -0.4 is 10.6 Å². The van der Waals surface area contributed by atoms with E-state index in [2.05, 4.69) is 27.4 Å². The average Bonchev–Trinajstić information content (AvgIpc) is 2.66. The van der Waals surface area contributed by atoms with Crippen molar-refractivity contribution < 1.29 is 12.8 Å². The van der Waals surface area contributed by atoms with Crippen molar-refractivity contribution >= 4 is 15.8 Å². The Morgan fingerprint density at radius 1 is 1.21 bits per heavy atom. The summed E-state index contributed by atoms with van der Waals surface area (Å²) in [6.07, 6.45) is 4.73. The lowest BCUT2D eigenvalue weighted by Crippen LogP contribution is -2.43. The van der Waals surface area contributed by atoms with E-state index in [1.54, 1.807) is 0 Å². The molecule has 6 nitrogen and oxygen atoms in total. The van der Waals surface area contributed by atoms with Crippen molar-refractivity contribution in [2.24, 2.45) is 10.9 Å². The second-order valence-corrected chi connectivity index (χ2v) is 9.98. The van der Waals surface area contributed by atoms with E-state index in [9.17, 15) is 12.8 Å². The first-order valence-electron chi connectivity index (χ1n) is 10.5. The van der Waals surface area contributed by atoms with Crippen molar-refractivity contribution in [1.29, 1.82) is 0 Å². The van der Waals surface area contributed by atoms with Crippen molar-refractivity contribution in [3.63, 3.8) is 0 Å². The van der Waals surface area contributed by atoms with Gasteiger partial charge in [0.1, 0.15) is 5.82 Å². The second-order valence-electron chi connectivity index (χ2n) is 7.84. The highest BCUT2D eigenvalue weighted by atomic mass is 32.2. The summed E-state index contributed by atoms with van der Waals surface area (Å²) in [6, 6.07) is 4.20. The van der Waals surface area contributed by atoms with Gasteiger partial charge in [0.15, 0.2) is 15.8 Å². The molecule has 8 heteroatoms. The number of rotatable bonds is 9. The van der Waals surface area contributed by atoms with Crippen molar-refractivity contribution in [3.05, 3.63) is 35.1 Å². The van der Waals surface area contributed by atoms with Gasteiger partial charge in [-0.15, -0.1) is 0 Å². The Balaban J connectivity index is 1.98. The van der Waals surface area contributed by atoms with Gasteiger partial charge in [-0.2, -0.15) is 0 Å². The minimum atomic E-state index is -3.20. The van der Waals surface area contributed by atoms with Crippen LogP contribution in [0.25, 0.3) is 0 Å². The zero-order valence-electron chi connectivity index (χ0n) is 17.9. The number of sulfone groups is 1. The van der Waals surface area contributed by atoms with Crippen LogP contribution in [0.1, 0.15) is 44.2 Å². The first-order chi connectivity index (χ1) is 13.8. The molecule has 0 amide bonds. The van der Waals surface area contributed by atoms with E-state index in [1.807, 2.05) is 6.92 Å². The number of guanidine groups is 1. The van der Waals surface area contributed by atoms with E-state index < -0.39 is 9.84 Å². The fraction of sp³-hybridized carbons (Fsp3) is 0.667. The summed E-state index contributed by atoms with van der Waals surface area (Å²) < 4.78 is 37.0. The SMILES string of the molecule is CCCN1CCC(CNC(=NCc2cc(F)ccc2CS(C)(=O)=O)NCC)CC1. The molecule has 1 heterocycles. The second kappa shape index (κ2) is 11.5. The highest BCUT2D eigenvalue weighted by Gasteiger charge is 2.18. The quantitative estimate of drug-likeness (QED) is 0.469. The first kappa shape index (κ1) is 23.6. The monoisotopic (exact) mass is 426 g/mol. The van der Waals surface area contributed by atoms with Crippen molar-refractivity contribution in [1.82, 2.24) is 15.5 Å². The Morgan fingerprint density at radius 2 is 1.93 bits per heavy atom. The number of hydrogen-bond donors (Lipinski definition) is 2. The number of benzene rings is 1. The number of likely N-dealkylation sites (tertiary alicyclic amines) is 1. The van der Waals surface area contributed by atoms with Crippen LogP contribution in [-0.4, -0.2) is 58.3 Å². The fourth-order valence-corrected chi connectivity index (χ4v) is 4.49. The third-order valence-corrected chi connectivity index (χ3v) is 5.98. The first-order valence-corrected chi connectivity index (χ1v) is 12.6. The van der Waals surface area contributed by atoms with E-state index >= 15 is 0 Å². The number of nitrogens with one attached hydrogen (secondary N) is 2. The van der Waals surface area contributed by atoms with Crippen LogP contribution in [0.4, 0.5) is 4.39 Å². The largest absolute Gasteiger partial charge is 0.357 e. The van der Waals surface area contributed by atoms with Crippen LogP contribution >= 0.6 is 0 Å². The number of halogens is 1. The Hall–Kier alpha value is -1.67. The maximum Gasteiger partial charge on any atom is 0.191 e. The van der Waals surface area contributed by atoms with Gasteiger partial charge in [0.05, 0.1) is 12.3 Å². The third kappa shape index (κ3) is 8.70. The van der Waals surface area contributed by atoms with E-state index in [0.717, 1.165) is 26.2 Å². The number of hydrogen-bond acceptors (Lipinski definition) is 4. The maximum absolute atomic E-state index is 13.7. The molecule has 1 fully saturated rings. The summed E-state index contributed by atoms with van der Waals surface area (Å²) in [6.45, 7) is 9.48. The van der Waals surface area contributed by atoms with Crippen LogP contribution in [0, 0.1) is 11.7 Å². The molecule has 0 radical (unpaired) electrons. The summed E-state index contributed by atoms with van der Waals surface area (Å²) in [7, 11) is -3.20. The van der Waals surface area contributed by atoms with Gasteiger partial charge in [0, 0.05) is 19.3 Å². The Bertz CT molecular complexity index is 775.